The molecule has 0 bridgehead atoms. The van der Waals surface area contributed by atoms with Crippen LogP contribution in [-0.2, 0) is 0 Å². The number of halogens is 2. The van der Waals surface area contributed by atoms with Gasteiger partial charge in [0, 0.05) is 29.7 Å². The predicted molar refractivity (Wildman–Crippen MR) is 91.3 cm³/mol. The van der Waals surface area contributed by atoms with Crippen molar-refractivity contribution < 1.29 is 8.78 Å². The second-order valence-corrected chi connectivity index (χ2v) is 5.06. The molecule has 2 heterocycles. The van der Waals surface area contributed by atoms with Gasteiger partial charge in [-0.15, -0.1) is 5.10 Å². The van der Waals surface area contributed by atoms with Gasteiger partial charge in [-0.05, 0) is 18.2 Å². The number of nitrogens with one attached hydrogen (secondary N) is 2. The topological polar surface area (TPSA) is 125 Å². The van der Waals surface area contributed by atoms with Crippen LogP contribution in [0.1, 0.15) is 5.56 Å². The minimum absolute atomic E-state index is 0.0619. The number of benzene rings is 1. The zero-order chi connectivity index (χ0) is 18.5. The van der Waals surface area contributed by atoms with Gasteiger partial charge in [0.1, 0.15) is 12.1 Å². The maximum absolute atomic E-state index is 13.9. The van der Waals surface area contributed by atoms with Crippen molar-refractivity contribution in [1.82, 2.24) is 15.0 Å². The Labute approximate surface area is 146 Å². The van der Waals surface area contributed by atoms with E-state index < -0.39 is 11.6 Å². The fraction of sp³-hybridized carbons (Fsp3) is 0. The van der Waals surface area contributed by atoms with Gasteiger partial charge in [-0.3, -0.25) is 0 Å². The van der Waals surface area contributed by atoms with E-state index in [9.17, 15) is 8.78 Å². The van der Waals surface area contributed by atoms with Gasteiger partial charge in [-0.2, -0.15) is 5.53 Å². The summed E-state index contributed by atoms with van der Waals surface area (Å²) >= 11 is 0. The quantitative estimate of drug-likeness (QED) is 0.287. The third-order valence-corrected chi connectivity index (χ3v) is 3.42. The van der Waals surface area contributed by atoms with Crippen molar-refractivity contribution in [2.45, 2.75) is 0 Å². The molecule has 26 heavy (non-hydrogen) atoms. The number of aromatic nitrogens is 3. The molecule has 0 aliphatic heterocycles. The van der Waals surface area contributed by atoms with Crippen LogP contribution in [0, 0.1) is 17.2 Å². The number of hydrogen-bond acceptors (Lipinski definition) is 6. The number of nitrogen functional groups attached to an aromatic ring is 1. The molecule has 0 atom stereocenters. The summed E-state index contributed by atoms with van der Waals surface area (Å²) < 4.78 is 27.3. The van der Waals surface area contributed by atoms with Gasteiger partial charge in [0.15, 0.2) is 17.5 Å². The summed E-state index contributed by atoms with van der Waals surface area (Å²) in [6.07, 6.45) is 6.05. The van der Waals surface area contributed by atoms with Crippen molar-refractivity contribution >= 4 is 17.3 Å². The molecule has 3 rings (SSSR count). The monoisotopic (exact) mass is 354 g/mol. The van der Waals surface area contributed by atoms with Crippen LogP contribution in [0.2, 0.25) is 0 Å². The fourth-order valence-corrected chi connectivity index (χ4v) is 2.20. The standard InChI is InChI=1S/C16H12F2N8/c17-12-2-1-3-13(14(12)18)24-16(25-26-20)11-4-9(7-23-15(11)19)10-5-21-8-22-6-10/h1-8H,(H2,19,23)(H2,20,24,25). The van der Waals surface area contributed by atoms with Gasteiger partial charge in [0.2, 0.25) is 0 Å². The molecular weight excluding hydrogens is 342 g/mol. The van der Waals surface area contributed by atoms with Crippen molar-refractivity contribution in [2.75, 3.05) is 11.1 Å². The Bertz CT molecular complexity index is 975. The number of hydrogen-bond donors (Lipinski definition) is 3. The summed E-state index contributed by atoms with van der Waals surface area (Å²) in [5.74, 6) is -2.12. The van der Waals surface area contributed by atoms with Crippen LogP contribution in [0.4, 0.5) is 20.3 Å². The van der Waals surface area contributed by atoms with Gasteiger partial charge in [-0.25, -0.2) is 23.7 Å². The molecule has 0 fully saturated rings. The van der Waals surface area contributed by atoms with Crippen LogP contribution in [0.3, 0.4) is 0 Å². The lowest BCUT2D eigenvalue weighted by Crippen LogP contribution is -2.17. The molecule has 0 amide bonds. The van der Waals surface area contributed by atoms with Crippen LogP contribution in [0.25, 0.3) is 11.1 Å². The molecule has 3 aromatic rings. The summed E-state index contributed by atoms with van der Waals surface area (Å²) in [5.41, 5.74) is 14.2. The van der Waals surface area contributed by atoms with Crippen molar-refractivity contribution in [2.24, 2.45) is 10.3 Å². The Morgan fingerprint density at radius 3 is 2.62 bits per heavy atom. The molecule has 0 unspecified atom stereocenters. The average molecular weight is 354 g/mol. The fourth-order valence-electron chi connectivity index (χ4n) is 2.20. The van der Waals surface area contributed by atoms with Gasteiger partial charge in [-0.1, -0.05) is 11.3 Å². The van der Waals surface area contributed by atoms with E-state index in [0.29, 0.717) is 11.1 Å². The van der Waals surface area contributed by atoms with Crippen molar-refractivity contribution in [3.63, 3.8) is 0 Å². The first-order valence-electron chi connectivity index (χ1n) is 7.27. The third kappa shape index (κ3) is 3.48. The molecule has 0 saturated carbocycles. The van der Waals surface area contributed by atoms with Crippen LogP contribution in [0.15, 0.2) is 59.5 Å². The van der Waals surface area contributed by atoms with E-state index in [0.717, 1.165) is 6.07 Å². The number of nitrogens with two attached hydrogens (primary N) is 1. The average Bonchev–Trinajstić information content (AvgIpc) is 2.66. The highest BCUT2D eigenvalue weighted by molar-refractivity contribution is 6.11. The Balaban J connectivity index is 2.04. The number of nitrogens with zero attached hydrogens (tertiary/aromatic N) is 5. The van der Waals surface area contributed by atoms with Gasteiger partial charge >= 0.3 is 0 Å². The Morgan fingerprint density at radius 2 is 1.88 bits per heavy atom. The van der Waals surface area contributed by atoms with E-state index in [-0.39, 0.29) is 22.9 Å². The van der Waals surface area contributed by atoms with Gasteiger partial charge in [0.25, 0.3) is 0 Å². The smallest absolute Gasteiger partial charge is 0.182 e. The van der Waals surface area contributed by atoms with Crippen LogP contribution < -0.4 is 11.1 Å². The van der Waals surface area contributed by atoms with Gasteiger partial charge < -0.3 is 11.1 Å². The zero-order valence-corrected chi connectivity index (χ0v) is 13.2. The number of rotatable bonds is 4. The maximum atomic E-state index is 13.9. The summed E-state index contributed by atoms with van der Waals surface area (Å²) in [7, 11) is 0. The lowest BCUT2D eigenvalue weighted by atomic mass is 10.1. The molecule has 0 spiro atoms. The first kappa shape index (κ1) is 17.0. The molecular formula is C16H12F2N8. The van der Waals surface area contributed by atoms with Gasteiger partial charge in [0.05, 0.1) is 11.3 Å². The minimum Gasteiger partial charge on any atom is -0.383 e. The van der Waals surface area contributed by atoms with E-state index in [1.165, 1.54) is 24.7 Å². The normalized spacial score (nSPS) is 11.2. The molecule has 2 aromatic heterocycles. The Morgan fingerprint density at radius 1 is 1.12 bits per heavy atom. The van der Waals surface area contributed by atoms with Crippen molar-refractivity contribution in [1.29, 1.82) is 5.53 Å². The van der Waals surface area contributed by atoms with Crippen LogP contribution in [-0.4, -0.2) is 20.8 Å². The van der Waals surface area contributed by atoms with E-state index in [4.69, 9.17) is 11.3 Å². The summed E-state index contributed by atoms with van der Waals surface area (Å²) in [6.45, 7) is 0. The highest BCUT2D eigenvalue weighted by Crippen LogP contribution is 2.23. The lowest BCUT2D eigenvalue weighted by molar-refractivity contribution is 0.512. The minimum atomic E-state index is -1.09. The highest BCUT2D eigenvalue weighted by atomic mass is 19.2. The van der Waals surface area contributed by atoms with E-state index in [1.54, 1.807) is 18.5 Å². The maximum Gasteiger partial charge on any atom is 0.182 e. The molecule has 4 N–H and O–H groups in total. The molecule has 8 nitrogen and oxygen atoms in total. The Hall–Kier alpha value is -3.82. The number of anilines is 2. The van der Waals surface area contributed by atoms with Crippen molar-refractivity contribution in [3.8, 4) is 11.1 Å². The first-order chi connectivity index (χ1) is 12.6. The number of amidine groups is 1. The molecule has 0 saturated heterocycles. The SMILES string of the molecule is N=N/N=C(\Nc1cccc(F)c1F)c1cc(-c2cncnc2)cnc1N. The largest absolute Gasteiger partial charge is 0.383 e. The summed E-state index contributed by atoms with van der Waals surface area (Å²) in [4.78, 5) is 11.9. The second-order valence-electron chi connectivity index (χ2n) is 5.06. The summed E-state index contributed by atoms with van der Waals surface area (Å²) in [6, 6.07) is 5.24. The third-order valence-electron chi connectivity index (χ3n) is 3.42. The molecule has 1 aromatic carbocycles. The van der Waals surface area contributed by atoms with Crippen LogP contribution in [0.5, 0.6) is 0 Å². The van der Waals surface area contributed by atoms with E-state index in [2.05, 4.69) is 30.6 Å². The summed E-state index contributed by atoms with van der Waals surface area (Å²) in [5, 5.41) is 9.16. The lowest BCUT2D eigenvalue weighted by Gasteiger charge is -2.12. The molecule has 0 radical (unpaired) electrons. The molecule has 10 heteroatoms. The number of pyridine rings is 1. The van der Waals surface area contributed by atoms with E-state index >= 15 is 0 Å². The highest BCUT2D eigenvalue weighted by Gasteiger charge is 2.15. The first-order valence-corrected chi connectivity index (χ1v) is 7.27. The van der Waals surface area contributed by atoms with Crippen LogP contribution >= 0.6 is 0 Å². The molecule has 130 valence electrons. The Kier molecular flexibility index (Phi) is 4.83. The van der Waals surface area contributed by atoms with Crippen molar-refractivity contribution in [3.05, 3.63) is 66.4 Å². The molecule has 0 aliphatic carbocycles. The second kappa shape index (κ2) is 7.38. The zero-order valence-electron chi connectivity index (χ0n) is 13.2. The van der Waals surface area contributed by atoms with E-state index in [1.807, 2.05) is 0 Å². The molecule has 0 aliphatic rings. The predicted octanol–water partition coefficient (Wildman–Crippen LogP) is 3.20.